The van der Waals surface area contributed by atoms with Crippen molar-refractivity contribution >= 4 is 5.84 Å². The van der Waals surface area contributed by atoms with Gasteiger partial charge in [0.1, 0.15) is 5.69 Å². The summed E-state index contributed by atoms with van der Waals surface area (Å²) < 4.78 is 0. The minimum absolute atomic E-state index is 0.0506. The van der Waals surface area contributed by atoms with Gasteiger partial charge in [0.15, 0.2) is 5.84 Å². The van der Waals surface area contributed by atoms with Gasteiger partial charge in [-0.1, -0.05) is 5.16 Å². The molecule has 2 saturated heterocycles. The number of nitrogens with one attached hydrogen (secondary N) is 1. The summed E-state index contributed by atoms with van der Waals surface area (Å²) in [6.45, 7) is 3.27. The number of hydrogen-bond acceptors (Lipinski definition) is 5. The van der Waals surface area contributed by atoms with Gasteiger partial charge < -0.3 is 16.3 Å². The molecule has 1 aromatic heterocycles. The Morgan fingerprint density at radius 2 is 2.40 bits per heavy atom. The predicted octanol–water partition coefficient (Wildman–Crippen LogP) is 0.502. The van der Waals surface area contributed by atoms with Gasteiger partial charge in [-0.15, -0.1) is 0 Å². The predicted molar refractivity (Wildman–Crippen MR) is 76.6 cm³/mol. The maximum Gasteiger partial charge on any atom is 0.188 e. The van der Waals surface area contributed by atoms with Crippen LogP contribution in [0.1, 0.15) is 30.5 Å². The first-order valence-electron chi connectivity index (χ1n) is 7.18. The van der Waals surface area contributed by atoms with Crippen LogP contribution in [0.4, 0.5) is 0 Å². The van der Waals surface area contributed by atoms with Crippen molar-refractivity contribution in [2.75, 3.05) is 13.1 Å². The van der Waals surface area contributed by atoms with Crippen molar-refractivity contribution in [3.63, 3.8) is 0 Å². The maximum atomic E-state index is 8.69. The summed E-state index contributed by atoms with van der Waals surface area (Å²) in [6, 6.07) is 5.12. The molecule has 0 aliphatic carbocycles. The smallest absolute Gasteiger partial charge is 0.188 e. The zero-order valence-corrected chi connectivity index (χ0v) is 11.5. The Morgan fingerprint density at radius 3 is 3.25 bits per heavy atom. The summed E-state index contributed by atoms with van der Waals surface area (Å²) in [7, 11) is 0. The standard InChI is InChI=1S/C14H21N5O/c15-14(18-20)12-8-10(3-5-16-12)9-17-11-4-7-19-6-1-2-13(11)19/h3,5,8,11,13,17,20H,1-2,4,6-7,9H2,(H2,15,18). The monoisotopic (exact) mass is 275 g/mol. The van der Waals surface area contributed by atoms with E-state index in [-0.39, 0.29) is 5.84 Å². The minimum atomic E-state index is 0.0506. The molecule has 0 aromatic carbocycles. The Kier molecular flexibility index (Phi) is 3.84. The molecule has 0 bridgehead atoms. The number of amidine groups is 1. The third-order valence-corrected chi connectivity index (χ3v) is 4.37. The van der Waals surface area contributed by atoms with E-state index in [9.17, 15) is 0 Å². The molecule has 2 aliphatic rings. The molecule has 1 aromatic rings. The Bertz CT molecular complexity index is 504. The molecule has 0 spiro atoms. The number of nitrogens with zero attached hydrogens (tertiary/aromatic N) is 3. The average molecular weight is 275 g/mol. The summed E-state index contributed by atoms with van der Waals surface area (Å²) in [5, 5.41) is 15.3. The van der Waals surface area contributed by atoms with Gasteiger partial charge >= 0.3 is 0 Å². The van der Waals surface area contributed by atoms with Crippen molar-refractivity contribution in [2.45, 2.75) is 37.9 Å². The molecule has 0 amide bonds. The van der Waals surface area contributed by atoms with Crippen LogP contribution in [0.25, 0.3) is 0 Å². The molecule has 2 atom stereocenters. The van der Waals surface area contributed by atoms with Gasteiger partial charge in [-0.3, -0.25) is 9.88 Å². The van der Waals surface area contributed by atoms with Gasteiger partial charge in [0.05, 0.1) is 0 Å². The van der Waals surface area contributed by atoms with Crippen LogP contribution in [-0.4, -0.2) is 46.1 Å². The van der Waals surface area contributed by atoms with Gasteiger partial charge in [-0.25, -0.2) is 0 Å². The van der Waals surface area contributed by atoms with Crippen LogP contribution in [-0.2, 0) is 6.54 Å². The first-order valence-corrected chi connectivity index (χ1v) is 7.18. The van der Waals surface area contributed by atoms with Gasteiger partial charge in [0.2, 0.25) is 0 Å². The number of nitrogens with two attached hydrogens (primary N) is 1. The van der Waals surface area contributed by atoms with Crippen molar-refractivity contribution < 1.29 is 5.21 Å². The summed E-state index contributed by atoms with van der Waals surface area (Å²) >= 11 is 0. The zero-order chi connectivity index (χ0) is 13.9. The molecular weight excluding hydrogens is 254 g/mol. The molecule has 0 radical (unpaired) electrons. The van der Waals surface area contributed by atoms with E-state index >= 15 is 0 Å². The van der Waals surface area contributed by atoms with Crippen LogP contribution in [0.15, 0.2) is 23.5 Å². The number of aromatic nitrogens is 1. The van der Waals surface area contributed by atoms with Crippen LogP contribution in [0.5, 0.6) is 0 Å². The van der Waals surface area contributed by atoms with Crippen LogP contribution in [0.3, 0.4) is 0 Å². The fourth-order valence-electron chi connectivity index (χ4n) is 3.35. The van der Waals surface area contributed by atoms with Gasteiger partial charge in [0, 0.05) is 31.4 Å². The molecule has 3 rings (SSSR count). The normalized spacial score (nSPS) is 26.9. The lowest BCUT2D eigenvalue weighted by Gasteiger charge is -2.21. The van der Waals surface area contributed by atoms with E-state index < -0.39 is 0 Å². The third kappa shape index (κ3) is 2.62. The van der Waals surface area contributed by atoms with E-state index in [2.05, 4.69) is 20.4 Å². The number of oxime groups is 1. The van der Waals surface area contributed by atoms with Crippen LogP contribution >= 0.6 is 0 Å². The summed E-state index contributed by atoms with van der Waals surface area (Å²) in [4.78, 5) is 6.68. The molecule has 4 N–H and O–H groups in total. The Hall–Kier alpha value is -1.66. The molecule has 2 unspecified atom stereocenters. The highest BCUT2D eigenvalue weighted by Gasteiger charge is 2.36. The quantitative estimate of drug-likeness (QED) is 0.322. The van der Waals surface area contributed by atoms with Crippen molar-refractivity contribution in [3.05, 3.63) is 29.6 Å². The van der Waals surface area contributed by atoms with E-state index in [1.807, 2.05) is 12.1 Å². The molecule has 2 aliphatic heterocycles. The average Bonchev–Trinajstić information content (AvgIpc) is 3.08. The lowest BCUT2D eigenvalue weighted by molar-refractivity contribution is 0.298. The van der Waals surface area contributed by atoms with E-state index in [1.165, 1.54) is 32.4 Å². The first-order chi connectivity index (χ1) is 9.78. The molecule has 6 heteroatoms. The molecule has 20 heavy (non-hydrogen) atoms. The second kappa shape index (κ2) is 5.76. The highest BCUT2D eigenvalue weighted by Crippen LogP contribution is 2.28. The second-order valence-corrected chi connectivity index (χ2v) is 5.56. The maximum absolute atomic E-state index is 8.69. The molecule has 108 valence electrons. The second-order valence-electron chi connectivity index (χ2n) is 5.56. The number of fused-ring (bicyclic) bond motifs is 1. The van der Waals surface area contributed by atoms with Crippen molar-refractivity contribution in [3.8, 4) is 0 Å². The largest absolute Gasteiger partial charge is 0.409 e. The minimum Gasteiger partial charge on any atom is -0.409 e. The Morgan fingerprint density at radius 1 is 1.50 bits per heavy atom. The van der Waals surface area contributed by atoms with E-state index in [4.69, 9.17) is 10.9 Å². The summed E-state index contributed by atoms with van der Waals surface area (Å²) in [6.07, 6.45) is 5.55. The lowest BCUT2D eigenvalue weighted by atomic mass is 10.1. The zero-order valence-electron chi connectivity index (χ0n) is 11.5. The van der Waals surface area contributed by atoms with E-state index in [1.54, 1.807) is 6.20 Å². The number of pyridine rings is 1. The fourth-order valence-corrected chi connectivity index (χ4v) is 3.35. The van der Waals surface area contributed by atoms with Crippen LogP contribution in [0.2, 0.25) is 0 Å². The molecule has 6 nitrogen and oxygen atoms in total. The topological polar surface area (TPSA) is 86.8 Å². The molecule has 3 heterocycles. The first kappa shape index (κ1) is 13.3. The molecule has 0 saturated carbocycles. The van der Waals surface area contributed by atoms with Gasteiger partial charge in [0.25, 0.3) is 0 Å². The van der Waals surface area contributed by atoms with E-state index in [0.717, 1.165) is 12.1 Å². The SMILES string of the molecule is NC(=NO)c1cc(CNC2CCN3CCCC23)ccn1. The van der Waals surface area contributed by atoms with Crippen molar-refractivity contribution in [1.29, 1.82) is 0 Å². The van der Waals surface area contributed by atoms with Crippen LogP contribution in [0, 0.1) is 0 Å². The summed E-state index contributed by atoms with van der Waals surface area (Å²) in [5.41, 5.74) is 7.19. The van der Waals surface area contributed by atoms with Crippen molar-refractivity contribution in [2.24, 2.45) is 10.9 Å². The number of hydrogen-bond donors (Lipinski definition) is 3. The third-order valence-electron chi connectivity index (χ3n) is 4.37. The van der Waals surface area contributed by atoms with Gasteiger partial charge in [-0.2, -0.15) is 0 Å². The Balaban J connectivity index is 1.61. The Labute approximate surface area is 118 Å². The molecular formula is C14H21N5O. The summed E-state index contributed by atoms with van der Waals surface area (Å²) in [5.74, 6) is 0.0506. The highest BCUT2D eigenvalue weighted by atomic mass is 16.4. The van der Waals surface area contributed by atoms with E-state index in [0.29, 0.717) is 17.8 Å². The lowest BCUT2D eigenvalue weighted by Crippen LogP contribution is -2.38. The van der Waals surface area contributed by atoms with Gasteiger partial charge in [-0.05, 0) is 43.5 Å². The van der Waals surface area contributed by atoms with Crippen molar-refractivity contribution in [1.82, 2.24) is 15.2 Å². The van der Waals surface area contributed by atoms with Crippen LogP contribution < -0.4 is 11.1 Å². The highest BCUT2D eigenvalue weighted by molar-refractivity contribution is 5.95. The number of rotatable bonds is 4. The fraction of sp³-hybridized carbons (Fsp3) is 0.571. The molecule has 2 fully saturated rings.